The Bertz CT molecular complexity index is 796. The fourth-order valence-corrected chi connectivity index (χ4v) is 2.05. The molecule has 0 bridgehead atoms. The van der Waals surface area contributed by atoms with E-state index in [0.29, 0.717) is 28.4 Å². The number of fused-ring (bicyclic) bond motifs is 1. The first-order valence-corrected chi connectivity index (χ1v) is 7.01. The van der Waals surface area contributed by atoms with Crippen molar-refractivity contribution in [1.82, 2.24) is 20.3 Å². The predicted octanol–water partition coefficient (Wildman–Crippen LogP) is 2.89. The van der Waals surface area contributed by atoms with Gasteiger partial charge in [-0.25, -0.2) is 9.97 Å². The second-order valence-electron chi connectivity index (χ2n) is 5.15. The summed E-state index contributed by atoms with van der Waals surface area (Å²) in [4.78, 5) is 23.7. The number of aromatic nitrogens is 3. The van der Waals surface area contributed by atoms with Crippen LogP contribution in [0.4, 0.5) is 0 Å². The second kappa shape index (κ2) is 5.85. The minimum Gasteiger partial charge on any atom is -0.437 e. The lowest BCUT2D eigenvalue weighted by molar-refractivity contribution is 0.0944. The number of carbonyl (C=O) groups excluding carboxylic acids is 1. The first kappa shape index (κ1) is 14.1. The molecule has 0 radical (unpaired) electrons. The van der Waals surface area contributed by atoms with Gasteiger partial charge < -0.3 is 15.0 Å². The molecule has 0 saturated heterocycles. The monoisotopic (exact) mass is 296 g/mol. The van der Waals surface area contributed by atoms with E-state index in [9.17, 15) is 4.79 Å². The van der Waals surface area contributed by atoms with Crippen LogP contribution in [0.1, 0.15) is 24.2 Å². The number of ether oxygens (including phenoxy) is 1. The number of aromatic amines is 1. The third-order valence-electron chi connectivity index (χ3n) is 2.99. The molecule has 2 N–H and O–H groups in total. The van der Waals surface area contributed by atoms with Crippen molar-refractivity contribution in [3.05, 3.63) is 48.3 Å². The molecule has 3 rings (SSSR count). The standard InChI is InChI=1S/C16H16N4O2/c1-10(2)19-16(21)12-8-17-15-14(12)20-13(9-18-15)22-11-6-4-3-5-7-11/h3-10H,1-2H3,(H,17,18)(H,19,21). The van der Waals surface area contributed by atoms with Gasteiger partial charge in [0.2, 0.25) is 5.88 Å². The van der Waals surface area contributed by atoms with Crippen molar-refractivity contribution in [2.24, 2.45) is 0 Å². The number of amides is 1. The number of nitrogens with one attached hydrogen (secondary N) is 2. The van der Waals surface area contributed by atoms with Gasteiger partial charge in [-0.15, -0.1) is 0 Å². The molecule has 0 unspecified atom stereocenters. The van der Waals surface area contributed by atoms with Gasteiger partial charge in [-0.3, -0.25) is 4.79 Å². The van der Waals surface area contributed by atoms with Gasteiger partial charge in [0.05, 0.1) is 11.8 Å². The fraction of sp³-hybridized carbons (Fsp3) is 0.188. The van der Waals surface area contributed by atoms with Crippen molar-refractivity contribution >= 4 is 17.1 Å². The zero-order valence-corrected chi connectivity index (χ0v) is 12.3. The summed E-state index contributed by atoms with van der Waals surface area (Å²) < 4.78 is 5.65. The first-order valence-electron chi connectivity index (χ1n) is 7.01. The highest BCUT2D eigenvalue weighted by atomic mass is 16.5. The lowest BCUT2D eigenvalue weighted by Crippen LogP contribution is -2.29. The maximum Gasteiger partial charge on any atom is 0.255 e. The van der Waals surface area contributed by atoms with Gasteiger partial charge in [0.15, 0.2) is 5.65 Å². The van der Waals surface area contributed by atoms with Crippen LogP contribution < -0.4 is 10.1 Å². The second-order valence-corrected chi connectivity index (χ2v) is 5.15. The summed E-state index contributed by atoms with van der Waals surface area (Å²) in [7, 11) is 0. The van der Waals surface area contributed by atoms with Crippen LogP contribution in [0.25, 0.3) is 11.2 Å². The van der Waals surface area contributed by atoms with Crippen LogP contribution in [0.15, 0.2) is 42.7 Å². The van der Waals surface area contributed by atoms with Crippen LogP contribution in [0.3, 0.4) is 0 Å². The Labute approximate surface area is 127 Å². The highest BCUT2D eigenvalue weighted by molar-refractivity contribution is 6.04. The van der Waals surface area contributed by atoms with E-state index in [1.165, 1.54) is 6.20 Å². The van der Waals surface area contributed by atoms with Gasteiger partial charge in [0.25, 0.3) is 5.91 Å². The zero-order chi connectivity index (χ0) is 15.5. The molecule has 2 aromatic heterocycles. The van der Waals surface area contributed by atoms with Crippen molar-refractivity contribution in [1.29, 1.82) is 0 Å². The molecule has 6 nitrogen and oxygen atoms in total. The summed E-state index contributed by atoms with van der Waals surface area (Å²) in [5.41, 5.74) is 1.50. The van der Waals surface area contributed by atoms with E-state index in [1.807, 2.05) is 44.2 Å². The van der Waals surface area contributed by atoms with Crippen molar-refractivity contribution < 1.29 is 9.53 Å². The Kier molecular flexibility index (Phi) is 3.74. The number of H-pyrrole nitrogens is 1. The molecule has 0 saturated carbocycles. The van der Waals surface area contributed by atoms with Gasteiger partial charge in [-0.1, -0.05) is 18.2 Å². The van der Waals surface area contributed by atoms with E-state index in [2.05, 4.69) is 20.3 Å². The Hall–Kier alpha value is -2.89. The van der Waals surface area contributed by atoms with E-state index < -0.39 is 0 Å². The Morgan fingerprint density at radius 1 is 1.27 bits per heavy atom. The Morgan fingerprint density at radius 3 is 2.77 bits per heavy atom. The Morgan fingerprint density at radius 2 is 2.05 bits per heavy atom. The lowest BCUT2D eigenvalue weighted by atomic mass is 10.2. The summed E-state index contributed by atoms with van der Waals surface area (Å²) in [5.74, 6) is 0.823. The zero-order valence-electron chi connectivity index (χ0n) is 12.3. The van der Waals surface area contributed by atoms with E-state index in [4.69, 9.17) is 4.74 Å². The number of rotatable bonds is 4. The van der Waals surface area contributed by atoms with Crippen LogP contribution in [0.5, 0.6) is 11.6 Å². The van der Waals surface area contributed by atoms with Crippen LogP contribution in [-0.2, 0) is 0 Å². The third-order valence-corrected chi connectivity index (χ3v) is 2.99. The molecule has 0 atom stereocenters. The highest BCUT2D eigenvalue weighted by Gasteiger charge is 2.15. The van der Waals surface area contributed by atoms with Gasteiger partial charge in [0, 0.05) is 12.2 Å². The van der Waals surface area contributed by atoms with Crippen molar-refractivity contribution in [3.63, 3.8) is 0 Å². The molecule has 112 valence electrons. The van der Waals surface area contributed by atoms with Crippen LogP contribution in [0.2, 0.25) is 0 Å². The normalized spacial score (nSPS) is 10.9. The molecule has 0 fully saturated rings. The molecular formula is C16H16N4O2. The predicted molar refractivity (Wildman–Crippen MR) is 83.0 cm³/mol. The molecule has 0 aliphatic heterocycles. The van der Waals surface area contributed by atoms with Crippen LogP contribution in [0, 0.1) is 0 Å². The summed E-state index contributed by atoms with van der Waals surface area (Å²) >= 11 is 0. The Balaban J connectivity index is 1.93. The summed E-state index contributed by atoms with van der Waals surface area (Å²) in [6.45, 7) is 3.81. The third kappa shape index (κ3) is 2.90. The smallest absolute Gasteiger partial charge is 0.255 e. The van der Waals surface area contributed by atoms with Crippen molar-refractivity contribution in [2.45, 2.75) is 19.9 Å². The number of hydrogen-bond acceptors (Lipinski definition) is 4. The summed E-state index contributed by atoms with van der Waals surface area (Å²) in [6.07, 6.45) is 3.13. The number of para-hydroxylation sites is 1. The number of carbonyl (C=O) groups is 1. The fourth-order valence-electron chi connectivity index (χ4n) is 2.05. The molecule has 22 heavy (non-hydrogen) atoms. The number of nitrogens with zero attached hydrogens (tertiary/aromatic N) is 2. The van der Waals surface area contributed by atoms with Crippen LogP contribution in [-0.4, -0.2) is 26.9 Å². The van der Waals surface area contributed by atoms with Crippen LogP contribution >= 0.6 is 0 Å². The lowest BCUT2D eigenvalue weighted by Gasteiger charge is -2.07. The van der Waals surface area contributed by atoms with Gasteiger partial charge in [-0.05, 0) is 26.0 Å². The molecule has 1 amide bonds. The minimum absolute atomic E-state index is 0.0501. The quantitative estimate of drug-likeness (QED) is 0.775. The molecule has 3 aromatic rings. The SMILES string of the molecule is CC(C)NC(=O)c1c[nH]c2ncc(Oc3ccccc3)nc12. The van der Waals surface area contributed by atoms with E-state index in [-0.39, 0.29) is 11.9 Å². The molecule has 2 heterocycles. The highest BCUT2D eigenvalue weighted by Crippen LogP contribution is 2.22. The van der Waals surface area contributed by atoms with Crippen molar-refractivity contribution in [2.75, 3.05) is 0 Å². The molecule has 0 spiro atoms. The van der Waals surface area contributed by atoms with Gasteiger partial charge in [0.1, 0.15) is 11.3 Å². The molecule has 0 aliphatic rings. The molecular weight excluding hydrogens is 280 g/mol. The summed E-state index contributed by atoms with van der Waals surface area (Å²) in [6, 6.07) is 9.36. The number of hydrogen-bond donors (Lipinski definition) is 2. The largest absolute Gasteiger partial charge is 0.437 e. The summed E-state index contributed by atoms with van der Waals surface area (Å²) in [5, 5.41) is 2.84. The minimum atomic E-state index is -0.188. The maximum absolute atomic E-state index is 12.2. The number of benzene rings is 1. The maximum atomic E-state index is 12.2. The van der Waals surface area contributed by atoms with Gasteiger partial charge >= 0.3 is 0 Å². The van der Waals surface area contributed by atoms with Crippen molar-refractivity contribution in [3.8, 4) is 11.6 Å². The van der Waals surface area contributed by atoms with Gasteiger partial charge in [-0.2, -0.15) is 0 Å². The molecule has 6 heteroatoms. The van der Waals surface area contributed by atoms with E-state index in [1.54, 1.807) is 6.20 Å². The molecule has 1 aromatic carbocycles. The average molecular weight is 296 g/mol. The topological polar surface area (TPSA) is 79.9 Å². The molecule has 0 aliphatic carbocycles. The van der Waals surface area contributed by atoms with E-state index >= 15 is 0 Å². The average Bonchev–Trinajstić information content (AvgIpc) is 2.91. The van der Waals surface area contributed by atoms with E-state index in [0.717, 1.165) is 0 Å². The first-order chi connectivity index (χ1) is 10.6.